The Kier molecular flexibility index (Phi) is 27.1. The molecule has 0 saturated heterocycles. The number of methoxy groups -OCH3 is 1. The number of hydrogen-bond acceptors (Lipinski definition) is 13. The zero-order valence-electron chi connectivity index (χ0n) is 32.5. The smallest absolute Gasteiger partial charge is 0.224 e. The van der Waals surface area contributed by atoms with Crippen molar-refractivity contribution in [3.63, 3.8) is 0 Å². The number of ether oxygens (including phenoxy) is 8. The van der Waals surface area contributed by atoms with Crippen LogP contribution in [0.2, 0.25) is 0 Å². The van der Waals surface area contributed by atoms with Gasteiger partial charge in [0.2, 0.25) is 23.6 Å². The molecule has 1 heterocycles. The highest BCUT2D eigenvalue weighted by molar-refractivity contribution is 5.95. The molecule has 0 aliphatic heterocycles. The van der Waals surface area contributed by atoms with Gasteiger partial charge in [-0.3, -0.25) is 19.2 Å². The van der Waals surface area contributed by atoms with Crippen LogP contribution < -0.4 is 27.0 Å². The predicted octanol–water partition coefficient (Wildman–Crippen LogP) is 0.340. The first-order valence-corrected chi connectivity index (χ1v) is 18.8. The summed E-state index contributed by atoms with van der Waals surface area (Å²) in [5, 5.41) is 12.6. The van der Waals surface area contributed by atoms with Gasteiger partial charge in [-0.15, -0.1) is 0 Å². The molecule has 1 aromatic heterocycles. The normalized spacial score (nSPS) is 11.2. The molecular formula is C37H62N6O12. The van der Waals surface area contributed by atoms with Gasteiger partial charge in [0.25, 0.3) is 0 Å². The quantitative estimate of drug-likeness (QED) is 0.0590. The fraction of sp³-hybridized carbons (Fsp3) is 0.676. The predicted molar refractivity (Wildman–Crippen MR) is 205 cm³/mol. The average molecular weight is 783 g/mol. The Morgan fingerprint density at radius 3 is 1.62 bits per heavy atom. The minimum absolute atomic E-state index is 0.0329. The van der Waals surface area contributed by atoms with Crippen molar-refractivity contribution in [2.24, 2.45) is 5.73 Å². The topological polar surface area (TPSA) is 221 Å². The van der Waals surface area contributed by atoms with Crippen LogP contribution in [-0.4, -0.2) is 155 Å². The third-order valence-electron chi connectivity index (χ3n) is 7.69. The standard InChI is InChI=1S/C37H62N6O12/c1-39-29-32-28-30-27-31(3-4-33(30)43(32)11-7-36(46)41-10-14-51-19-21-54-24-23-52-16-15-48-2)42-37(47)6-5-35(45)40-9-13-50-18-22-55-26-25-53-20-17-49-12-8-34(38)44/h3-4,27-28,39H,5-26,29H2,1-2H3,(H2,38,44)(H,40,45)(H,41,46)(H,42,47). The Bertz CT molecular complexity index is 1360. The maximum absolute atomic E-state index is 12.6. The van der Waals surface area contributed by atoms with Crippen molar-refractivity contribution >= 4 is 40.2 Å². The molecule has 312 valence electrons. The number of benzene rings is 1. The Hall–Kier alpha value is -3.72. The van der Waals surface area contributed by atoms with Crippen LogP contribution in [0.25, 0.3) is 10.9 Å². The van der Waals surface area contributed by atoms with E-state index < -0.39 is 5.91 Å². The van der Waals surface area contributed by atoms with Crippen LogP contribution in [-0.2, 0) is 70.2 Å². The summed E-state index contributed by atoms with van der Waals surface area (Å²) in [5.41, 5.74) is 7.61. The number of nitrogens with one attached hydrogen (secondary N) is 4. The summed E-state index contributed by atoms with van der Waals surface area (Å²) in [6.45, 7) is 8.16. The van der Waals surface area contributed by atoms with Crippen LogP contribution in [0.3, 0.4) is 0 Å². The molecule has 18 heteroatoms. The lowest BCUT2D eigenvalue weighted by molar-refractivity contribution is -0.124. The third-order valence-corrected chi connectivity index (χ3v) is 7.69. The fourth-order valence-electron chi connectivity index (χ4n) is 4.98. The zero-order chi connectivity index (χ0) is 39.8. The van der Waals surface area contributed by atoms with E-state index in [1.165, 1.54) is 0 Å². The highest BCUT2D eigenvalue weighted by Crippen LogP contribution is 2.24. The summed E-state index contributed by atoms with van der Waals surface area (Å²) in [4.78, 5) is 48.0. The number of amides is 4. The number of aryl methyl sites for hydroxylation is 1. The number of aromatic nitrogens is 1. The number of fused-ring (bicyclic) bond motifs is 1. The minimum atomic E-state index is -0.399. The first kappa shape index (κ1) is 47.4. The molecule has 2 aromatic rings. The van der Waals surface area contributed by atoms with Crippen LogP contribution in [0.15, 0.2) is 24.3 Å². The van der Waals surface area contributed by atoms with E-state index in [2.05, 4.69) is 25.8 Å². The summed E-state index contributed by atoms with van der Waals surface area (Å²) in [6, 6.07) is 7.66. The molecule has 0 spiro atoms. The molecule has 6 N–H and O–H groups in total. The van der Waals surface area contributed by atoms with E-state index in [0.29, 0.717) is 131 Å². The van der Waals surface area contributed by atoms with Gasteiger partial charge in [0.1, 0.15) is 0 Å². The second kappa shape index (κ2) is 31.5. The van der Waals surface area contributed by atoms with Gasteiger partial charge in [-0.2, -0.15) is 0 Å². The second-order valence-corrected chi connectivity index (χ2v) is 12.1. The Labute approximate surface area is 323 Å². The van der Waals surface area contributed by atoms with Gasteiger partial charge in [0, 0.05) is 81.3 Å². The van der Waals surface area contributed by atoms with E-state index in [-0.39, 0.29) is 43.6 Å². The van der Waals surface area contributed by atoms with Gasteiger partial charge in [-0.1, -0.05) is 0 Å². The Morgan fingerprint density at radius 2 is 1.09 bits per heavy atom. The SMILES string of the molecule is CNCc1cc2cc(NC(=O)CCC(=O)NCCOCCOCCOCCOCCC(N)=O)ccc2n1CCC(=O)NCCOCCOCCOCCOC. The van der Waals surface area contributed by atoms with E-state index in [9.17, 15) is 19.2 Å². The molecule has 18 nitrogen and oxygen atoms in total. The van der Waals surface area contributed by atoms with Gasteiger partial charge in [0.15, 0.2) is 0 Å². The van der Waals surface area contributed by atoms with Crippen molar-refractivity contribution in [3.05, 3.63) is 30.0 Å². The third kappa shape index (κ3) is 23.7. The van der Waals surface area contributed by atoms with Crippen molar-refractivity contribution in [1.29, 1.82) is 0 Å². The van der Waals surface area contributed by atoms with Gasteiger partial charge in [-0.25, -0.2) is 0 Å². The number of carbonyl (C=O) groups excluding carboxylic acids is 4. The van der Waals surface area contributed by atoms with Crippen molar-refractivity contribution < 1.29 is 57.1 Å². The van der Waals surface area contributed by atoms with Crippen LogP contribution in [0.1, 0.15) is 31.4 Å². The monoisotopic (exact) mass is 782 g/mol. The number of anilines is 1. The lowest BCUT2D eigenvalue weighted by Crippen LogP contribution is -2.28. The second-order valence-electron chi connectivity index (χ2n) is 12.1. The lowest BCUT2D eigenvalue weighted by Gasteiger charge is -2.12. The highest BCUT2D eigenvalue weighted by atomic mass is 16.6. The van der Waals surface area contributed by atoms with E-state index in [0.717, 1.165) is 16.6 Å². The van der Waals surface area contributed by atoms with E-state index in [4.69, 9.17) is 43.6 Å². The number of hydrogen-bond donors (Lipinski definition) is 5. The van der Waals surface area contributed by atoms with Crippen LogP contribution in [0.5, 0.6) is 0 Å². The van der Waals surface area contributed by atoms with Crippen molar-refractivity contribution in [1.82, 2.24) is 20.5 Å². The molecule has 0 aliphatic carbocycles. The van der Waals surface area contributed by atoms with E-state index in [1.54, 1.807) is 7.11 Å². The van der Waals surface area contributed by atoms with Crippen molar-refractivity contribution in [3.8, 4) is 0 Å². The number of nitrogens with zero attached hydrogens (tertiary/aromatic N) is 1. The fourth-order valence-corrected chi connectivity index (χ4v) is 4.98. The molecule has 4 amide bonds. The number of carbonyl (C=O) groups is 4. The lowest BCUT2D eigenvalue weighted by atomic mass is 10.2. The maximum Gasteiger partial charge on any atom is 0.224 e. The summed E-state index contributed by atoms with van der Waals surface area (Å²) < 4.78 is 44.7. The first-order valence-electron chi connectivity index (χ1n) is 18.8. The summed E-state index contributed by atoms with van der Waals surface area (Å²) in [5.74, 6) is -0.986. The molecule has 1 aromatic carbocycles. The molecule has 0 unspecified atom stereocenters. The average Bonchev–Trinajstić information content (AvgIpc) is 3.50. The number of primary amides is 1. The van der Waals surface area contributed by atoms with Gasteiger partial charge in [-0.05, 0) is 31.3 Å². The van der Waals surface area contributed by atoms with E-state index in [1.807, 2.05) is 31.3 Å². The van der Waals surface area contributed by atoms with Crippen molar-refractivity contribution in [2.45, 2.75) is 38.8 Å². The first-order chi connectivity index (χ1) is 26.8. The summed E-state index contributed by atoms with van der Waals surface area (Å²) >= 11 is 0. The molecule has 0 bridgehead atoms. The molecule has 55 heavy (non-hydrogen) atoms. The van der Waals surface area contributed by atoms with Gasteiger partial charge >= 0.3 is 0 Å². The molecule has 0 aliphatic rings. The Balaban J connectivity index is 1.57. The van der Waals surface area contributed by atoms with Gasteiger partial charge in [0.05, 0.1) is 99.1 Å². The zero-order valence-corrected chi connectivity index (χ0v) is 32.5. The van der Waals surface area contributed by atoms with Gasteiger partial charge < -0.3 is 69.5 Å². The van der Waals surface area contributed by atoms with Crippen LogP contribution >= 0.6 is 0 Å². The van der Waals surface area contributed by atoms with Crippen LogP contribution in [0.4, 0.5) is 5.69 Å². The highest BCUT2D eigenvalue weighted by Gasteiger charge is 2.13. The molecule has 2 rings (SSSR count). The summed E-state index contributed by atoms with van der Waals surface area (Å²) in [6.07, 6.45) is 0.565. The molecule has 0 fully saturated rings. The molecule has 0 radical (unpaired) electrons. The van der Waals surface area contributed by atoms with E-state index >= 15 is 0 Å². The summed E-state index contributed by atoms with van der Waals surface area (Å²) in [7, 11) is 3.49. The number of nitrogens with two attached hydrogens (primary N) is 1. The molecule has 0 atom stereocenters. The Morgan fingerprint density at radius 1 is 0.600 bits per heavy atom. The largest absolute Gasteiger partial charge is 0.382 e. The maximum atomic E-state index is 12.6. The minimum Gasteiger partial charge on any atom is -0.382 e. The van der Waals surface area contributed by atoms with Crippen LogP contribution in [0, 0.1) is 0 Å². The molecule has 0 saturated carbocycles. The number of rotatable bonds is 36. The van der Waals surface area contributed by atoms with Crippen molar-refractivity contribution in [2.75, 3.05) is 132 Å². The molecular weight excluding hydrogens is 720 g/mol.